The Morgan fingerprint density at radius 2 is 2.53 bits per heavy atom. The molecule has 82 valence electrons. The molecule has 0 aliphatic carbocycles. The summed E-state index contributed by atoms with van der Waals surface area (Å²) in [5.41, 5.74) is 6.68. The van der Waals surface area contributed by atoms with Gasteiger partial charge in [0, 0.05) is 11.5 Å². The number of hydrogen-bond acceptors (Lipinski definition) is 4. The Kier molecular flexibility index (Phi) is 3.51. The van der Waals surface area contributed by atoms with Crippen LogP contribution in [0.1, 0.15) is 19.8 Å². The van der Waals surface area contributed by atoms with Crippen LogP contribution in [0.4, 0.5) is 0 Å². The van der Waals surface area contributed by atoms with Gasteiger partial charge in [0.1, 0.15) is 0 Å². The number of amides is 1. The maximum atomic E-state index is 11.6. The standard InChI is InChI=1S/C8H12N4O3/c1-2-15-7(14)8(11-12-9)4-3-5-10-6(8)13/h2-5H2,1H3,(H,10,13). The smallest absolute Gasteiger partial charge is 0.327 e. The summed E-state index contributed by atoms with van der Waals surface area (Å²) >= 11 is 0. The lowest BCUT2D eigenvalue weighted by Crippen LogP contribution is -2.55. The van der Waals surface area contributed by atoms with E-state index in [2.05, 4.69) is 15.3 Å². The van der Waals surface area contributed by atoms with Crippen molar-refractivity contribution in [1.82, 2.24) is 5.32 Å². The summed E-state index contributed by atoms with van der Waals surface area (Å²) in [4.78, 5) is 25.7. The molecule has 7 heteroatoms. The van der Waals surface area contributed by atoms with Crippen LogP contribution in [0.3, 0.4) is 0 Å². The van der Waals surface area contributed by atoms with Gasteiger partial charge in [0.2, 0.25) is 11.4 Å². The highest BCUT2D eigenvalue weighted by molar-refractivity contribution is 6.08. The van der Waals surface area contributed by atoms with E-state index >= 15 is 0 Å². The molecule has 1 atom stereocenters. The van der Waals surface area contributed by atoms with Gasteiger partial charge < -0.3 is 10.1 Å². The molecule has 0 aromatic carbocycles. The maximum absolute atomic E-state index is 11.6. The predicted octanol–water partition coefficient (Wildman–Crippen LogP) is 0.509. The van der Waals surface area contributed by atoms with Crippen molar-refractivity contribution in [3.05, 3.63) is 10.4 Å². The van der Waals surface area contributed by atoms with Crippen molar-refractivity contribution in [1.29, 1.82) is 0 Å². The fourth-order valence-electron chi connectivity index (χ4n) is 1.46. The number of carbonyl (C=O) groups is 2. The monoisotopic (exact) mass is 212 g/mol. The Morgan fingerprint density at radius 3 is 3.07 bits per heavy atom. The summed E-state index contributed by atoms with van der Waals surface area (Å²) in [7, 11) is 0. The lowest BCUT2D eigenvalue weighted by Gasteiger charge is -2.29. The second kappa shape index (κ2) is 4.65. The molecule has 0 saturated carbocycles. The number of rotatable bonds is 3. The normalized spacial score (nSPS) is 25.0. The molecule has 15 heavy (non-hydrogen) atoms. The average molecular weight is 212 g/mol. The molecule has 1 saturated heterocycles. The van der Waals surface area contributed by atoms with Gasteiger partial charge in [-0.2, -0.15) is 0 Å². The van der Waals surface area contributed by atoms with Crippen molar-refractivity contribution < 1.29 is 14.3 Å². The van der Waals surface area contributed by atoms with E-state index in [4.69, 9.17) is 10.3 Å². The molecule has 1 unspecified atom stereocenters. The Hall–Kier alpha value is -1.75. The van der Waals surface area contributed by atoms with Crippen LogP contribution in [0.2, 0.25) is 0 Å². The molecule has 0 bridgehead atoms. The largest absolute Gasteiger partial charge is 0.465 e. The highest BCUT2D eigenvalue weighted by atomic mass is 16.5. The van der Waals surface area contributed by atoms with Crippen LogP contribution in [0.15, 0.2) is 5.11 Å². The Bertz CT molecular complexity index is 324. The zero-order valence-electron chi connectivity index (χ0n) is 8.39. The van der Waals surface area contributed by atoms with E-state index in [9.17, 15) is 9.59 Å². The van der Waals surface area contributed by atoms with Gasteiger partial charge in [-0.05, 0) is 25.3 Å². The topological polar surface area (TPSA) is 104 Å². The van der Waals surface area contributed by atoms with Gasteiger partial charge in [0.25, 0.3) is 0 Å². The van der Waals surface area contributed by atoms with Crippen molar-refractivity contribution in [3.63, 3.8) is 0 Å². The molecule has 1 amide bonds. The van der Waals surface area contributed by atoms with E-state index in [0.717, 1.165) is 0 Å². The average Bonchev–Trinajstić information content (AvgIpc) is 2.22. The molecule has 0 spiro atoms. The molecule has 1 fully saturated rings. The van der Waals surface area contributed by atoms with Crippen molar-refractivity contribution in [2.45, 2.75) is 25.3 Å². The van der Waals surface area contributed by atoms with Crippen molar-refractivity contribution in [2.24, 2.45) is 5.11 Å². The van der Waals surface area contributed by atoms with E-state index < -0.39 is 17.4 Å². The molecule has 7 nitrogen and oxygen atoms in total. The van der Waals surface area contributed by atoms with Crippen molar-refractivity contribution in [2.75, 3.05) is 13.2 Å². The summed E-state index contributed by atoms with van der Waals surface area (Å²) < 4.78 is 4.74. The van der Waals surface area contributed by atoms with Crippen molar-refractivity contribution in [3.8, 4) is 0 Å². The van der Waals surface area contributed by atoms with Gasteiger partial charge in [-0.3, -0.25) is 9.59 Å². The molecule has 1 aliphatic rings. The van der Waals surface area contributed by atoms with Crippen LogP contribution < -0.4 is 5.32 Å². The molecule has 1 heterocycles. The summed E-state index contributed by atoms with van der Waals surface area (Å²) in [6.45, 7) is 2.26. The van der Waals surface area contributed by atoms with E-state index in [1.54, 1.807) is 6.92 Å². The Balaban J connectivity index is 3.00. The first-order valence-electron chi connectivity index (χ1n) is 4.69. The van der Waals surface area contributed by atoms with Gasteiger partial charge in [0.15, 0.2) is 0 Å². The van der Waals surface area contributed by atoms with Crippen LogP contribution in [0.25, 0.3) is 10.4 Å². The number of carbonyl (C=O) groups excluding carboxylic acids is 2. The number of nitrogens with zero attached hydrogens (tertiary/aromatic N) is 3. The van der Waals surface area contributed by atoms with E-state index in [0.29, 0.717) is 13.0 Å². The molecular formula is C8H12N4O3. The van der Waals surface area contributed by atoms with Crippen LogP contribution in [0, 0.1) is 0 Å². The molecule has 1 N–H and O–H groups in total. The van der Waals surface area contributed by atoms with E-state index in [1.807, 2.05) is 0 Å². The van der Waals surface area contributed by atoms with Crippen LogP contribution in [-0.2, 0) is 14.3 Å². The maximum Gasteiger partial charge on any atom is 0.327 e. The number of ether oxygens (including phenoxy) is 1. The first kappa shape index (κ1) is 11.3. The number of hydrogen-bond donors (Lipinski definition) is 1. The highest BCUT2D eigenvalue weighted by Crippen LogP contribution is 2.24. The fraction of sp³-hybridized carbons (Fsp3) is 0.750. The Labute approximate surface area is 86.4 Å². The lowest BCUT2D eigenvalue weighted by molar-refractivity contribution is -0.155. The minimum atomic E-state index is -1.71. The lowest BCUT2D eigenvalue weighted by atomic mass is 9.90. The molecule has 0 radical (unpaired) electrons. The first-order valence-corrected chi connectivity index (χ1v) is 4.69. The summed E-state index contributed by atoms with van der Waals surface area (Å²) in [5.74, 6) is -1.36. The van der Waals surface area contributed by atoms with E-state index in [1.165, 1.54) is 0 Å². The predicted molar refractivity (Wildman–Crippen MR) is 50.8 cm³/mol. The molecule has 1 rings (SSSR count). The number of nitrogens with one attached hydrogen (secondary N) is 1. The number of esters is 1. The quantitative estimate of drug-likeness (QED) is 0.242. The SMILES string of the molecule is CCOC(=O)C1(N=[N+]=[N-])CCCNC1=O. The summed E-state index contributed by atoms with van der Waals surface area (Å²) in [6, 6.07) is 0. The van der Waals surface area contributed by atoms with Gasteiger partial charge in [-0.25, -0.2) is 0 Å². The fourth-order valence-corrected chi connectivity index (χ4v) is 1.46. The first-order chi connectivity index (χ1) is 7.17. The van der Waals surface area contributed by atoms with Crippen molar-refractivity contribution >= 4 is 11.9 Å². The Morgan fingerprint density at radius 1 is 1.80 bits per heavy atom. The molecule has 0 aromatic heterocycles. The van der Waals surface area contributed by atoms with Crippen LogP contribution in [0.5, 0.6) is 0 Å². The second-order valence-corrected chi connectivity index (χ2v) is 3.13. The third-order valence-electron chi connectivity index (χ3n) is 2.21. The van der Waals surface area contributed by atoms with Gasteiger partial charge in [-0.1, -0.05) is 5.11 Å². The molecule has 1 aliphatic heterocycles. The zero-order valence-corrected chi connectivity index (χ0v) is 8.39. The minimum absolute atomic E-state index is 0.148. The minimum Gasteiger partial charge on any atom is -0.465 e. The van der Waals surface area contributed by atoms with Gasteiger partial charge >= 0.3 is 5.97 Å². The third-order valence-corrected chi connectivity index (χ3v) is 2.21. The number of piperidine rings is 1. The second-order valence-electron chi connectivity index (χ2n) is 3.13. The highest BCUT2D eigenvalue weighted by Gasteiger charge is 2.48. The van der Waals surface area contributed by atoms with Gasteiger partial charge in [0.05, 0.1) is 6.61 Å². The zero-order chi connectivity index (χ0) is 11.3. The third kappa shape index (κ3) is 2.02. The van der Waals surface area contributed by atoms with E-state index in [-0.39, 0.29) is 13.0 Å². The number of azide groups is 1. The summed E-state index contributed by atoms with van der Waals surface area (Å²) in [5, 5.41) is 5.80. The van der Waals surface area contributed by atoms with Gasteiger partial charge in [-0.15, -0.1) is 0 Å². The summed E-state index contributed by atoms with van der Waals surface area (Å²) in [6.07, 6.45) is 0.783. The van der Waals surface area contributed by atoms with Crippen LogP contribution in [-0.4, -0.2) is 30.6 Å². The van der Waals surface area contributed by atoms with Crippen LogP contribution >= 0.6 is 0 Å². The molecule has 0 aromatic rings. The molecular weight excluding hydrogens is 200 g/mol.